The number of benzene rings is 2. The molecule has 0 bridgehead atoms. The monoisotopic (exact) mass is 321 g/mol. The molecule has 1 heterocycles. The van der Waals surface area contributed by atoms with E-state index in [-0.39, 0.29) is 41.6 Å². The lowest BCUT2D eigenvalue weighted by atomic mass is 9.84. The van der Waals surface area contributed by atoms with Gasteiger partial charge in [-0.05, 0) is 18.2 Å². The molecule has 2 aromatic carbocycles. The van der Waals surface area contributed by atoms with Crippen LogP contribution in [0.15, 0.2) is 42.5 Å². The van der Waals surface area contributed by atoms with Crippen molar-refractivity contribution in [3.05, 3.63) is 64.7 Å². The number of amides is 2. The third kappa shape index (κ3) is 2.00. The molecule has 24 heavy (non-hydrogen) atoms. The number of carbonyl (C=O) groups is 4. The fourth-order valence-corrected chi connectivity index (χ4v) is 3.01. The summed E-state index contributed by atoms with van der Waals surface area (Å²) < 4.78 is 4.88. The van der Waals surface area contributed by atoms with Crippen molar-refractivity contribution in [3.63, 3.8) is 0 Å². The molecule has 0 aromatic heterocycles. The third-order valence-electron chi connectivity index (χ3n) is 4.12. The predicted molar refractivity (Wildman–Crippen MR) is 83.1 cm³/mol. The van der Waals surface area contributed by atoms with Gasteiger partial charge in [0.05, 0.1) is 5.69 Å². The molecular weight excluding hydrogens is 310 g/mol. The number of nitrogens with zero attached hydrogens (tertiary/aromatic N) is 1. The van der Waals surface area contributed by atoms with E-state index in [0.29, 0.717) is 11.1 Å². The van der Waals surface area contributed by atoms with Crippen LogP contribution >= 0.6 is 0 Å². The number of rotatable bonds is 1. The first-order chi connectivity index (χ1) is 11.6. The second-order valence-corrected chi connectivity index (χ2v) is 5.55. The van der Waals surface area contributed by atoms with Crippen LogP contribution in [0.4, 0.5) is 5.69 Å². The molecule has 1 aliphatic carbocycles. The minimum atomic E-state index is -0.499. The first-order valence-corrected chi connectivity index (χ1v) is 7.34. The number of imide groups is 1. The molecule has 2 aromatic rings. The van der Waals surface area contributed by atoms with Crippen molar-refractivity contribution in [1.29, 1.82) is 0 Å². The van der Waals surface area contributed by atoms with Crippen LogP contribution in [0.3, 0.4) is 0 Å². The van der Waals surface area contributed by atoms with Crippen LogP contribution in [0.25, 0.3) is 0 Å². The first-order valence-electron chi connectivity index (χ1n) is 7.34. The molecule has 0 saturated carbocycles. The molecular formula is C18H11NO5. The summed E-state index contributed by atoms with van der Waals surface area (Å²) in [4.78, 5) is 50.1. The van der Waals surface area contributed by atoms with Gasteiger partial charge in [-0.15, -0.1) is 0 Å². The standard InChI is InChI=1S/C18H11NO5/c20-15-8-24-9-16(21)19(15)10-5-6-13-14(7-10)18(23)12-4-2-1-3-11(12)17(13)22/h1-7H,8-9H2. The van der Waals surface area contributed by atoms with E-state index >= 15 is 0 Å². The molecule has 1 saturated heterocycles. The number of hydrogen-bond donors (Lipinski definition) is 0. The highest BCUT2D eigenvalue weighted by molar-refractivity contribution is 6.29. The number of ether oxygens (including phenoxy) is 1. The summed E-state index contributed by atoms with van der Waals surface area (Å²) in [7, 11) is 0. The van der Waals surface area contributed by atoms with Gasteiger partial charge < -0.3 is 4.74 Å². The smallest absolute Gasteiger partial charge is 0.259 e. The third-order valence-corrected chi connectivity index (χ3v) is 4.12. The number of carbonyl (C=O) groups excluding carboxylic acids is 4. The SMILES string of the molecule is O=C1c2ccccc2C(=O)c2cc(N3C(=O)COCC3=O)ccc21. The van der Waals surface area contributed by atoms with Crippen molar-refractivity contribution in [2.75, 3.05) is 18.1 Å². The molecule has 6 nitrogen and oxygen atoms in total. The Balaban J connectivity index is 1.84. The fourth-order valence-electron chi connectivity index (χ4n) is 3.01. The Morgan fingerprint density at radius 1 is 0.708 bits per heavy atom. The molecule has 0 atom stereocenters. The number of hydrogen-bond acceptors (Lipinski definition) is 5. The van der Waals surface area contributed by atoms with Crippen molar-refractivity contribution >= 4 is 29.1 Å². The Bertz CT molecular complexity index is 915. The van der Waals surface area contributed by atoms with Crippen LogP contribution < -0.4 is 4.90 Å². The van der Waals surface area contributed by atoms with E-state index in [2.05, 4.69) is 0 Å². The molecule has 1 fully saturated rings. The Labute approximate surface area is 136 Å². The van der Waals surface area contributed by atoms with Gasteiger partial charge >= 0.3 is 0 Å². The van der Waals surface area contributed by atoms with Gasteiger partial charge in [-0.1, -0.05) is 24.3 Å². The Kier molecular flexibility index (Phi) is 3.14. The van der Waals surface area contributed by atoms with Gasteiger partial charge in [0.2, 0.25) is 0 Å². The first kappa shape index (κ1) is 14.5. The Hall–Kier alpha value is -3.12. The van der Waals surface area contributed by atoms with Gasteiger partial charge in [0.25, 0.3) is 11.8 Å². The van der Waals surface area contributed by atoms with Crippen molar-refractivity contribution in [3.8, 4) is 0 Å². The molecule has 6 heteroatoms. The minimum absolute atomic E-state index is 0.196. The van der Waals surface area contributed by atoms with Gasteiger partial charge in [0.15, 0.2) is 11.6 Å². The van der Waals surface area contributed by atoms with Crippen molar-refractivity contribution < 1.29 is 23.9 Å². The maximum Gasteiger partial charge on any atom is 0.259 e. The molecule has 2 amide bonds. The van der Waals surface area contributed by atoms with Crippen LogP contribution in [-0.4, -0.2) is 36.6 Å². The topological polar surface area (TPSA) is 80.8 Å². The summed E-state index contributed by atoms with van der Waals surface area (Å²) in [5.74, 6) is -1.54. The van der Waals surface area contributed by atoms with Crippen molar-refractivity contribution in [1.82, 2.24) is 0 Å². The van der Waals surface area contributed by atoms with E-state index < -0.39 is 11.8 Å². The summed E-state index contributed by atoms with van der Waals surface area (Å²) in [6, 6.07) is 11.0. The zero-order valence-corrected chi connectivity index (χ0v) is 12.4. The van der Waals surface area contributed by atoms with Crippen LogP contribution in [0.2, 0.25) is 0 Å². The highest BCUT2D eigenvalue weighted by atomic mass is 16.5. The summed E-state index contributed by atoms with van der Waals surface area (Å²) in [6.45, 7) is -0.392. The number of ketones is 2. The lowest BCUT2D eigenvalue weighted by molar-refractivity contribution is -0.138. The maximum absolute atomic E-state index is 12.7. The van der Waals surface area contributed by atoms with E-state index in [1.54, 1.807) is 24.3 Å². The maximum atomic E-state index is 12.7. The van der Waals surface area contributed by atoms with E-state index in [9.17, 15) is 19.2 Å². The van der Waals surface area contributed by atoms with Gasteiger partial charge in [-0.25, -0.2) is 4.90 Å². The van der Waals surface area contributed by atoms with Gasteiger partial charge in [-0.2, -0.15) is 0 Å². The molecule has 0 spiro atoms. The average molecular weight is 321 g/mol. The van der Waals surface area contributed by atoms with E-state index in [0.717, 1.165) is 4.90 Å². The van der Waals surface area contributed by atoms with Crippen LogP contribution in [0, 0.1) is 0 Å². The number of anilines is 1. The molecule has 1 aliphatic heterocycles. The Morgan fingerprint density at radius 3 is 1.88 bits per heavy atom. The van der Waals surface area contributed by atoms with Crippen molar-refractivity contribution in [2.45, 2.75) is 0 Å². The fraction of sp³-hybridized carbons (Fsp3) is 0.111. The van der Waals surface area contributed by atoms with Crippen LogP contribution in [0.5, 0.6) is 0 Å². The molecule has 118 valence electrons. The van der Waals surface area contributed by atoms with Crippen molar-refractivity contribution in [2.24, 2.45) is 0 Å². The second-order valence-electron chi connectivity index (χ2n) is 5.55. The summed E-state index contributed by atoms with van der Waals surface area (Å²) in [5.41, 5.74) is 1.43. The number of fused-ring (bicyclic) bond motifs is 2. The van der Waals surface area contributed by atoms with E-state index in [4.69, 9.17) is 4.74 Å². The molecule has 0 radical (unpaired) electrons. The van der Waals surface area contributed by atoms with Gasteiger partial charge in [0, 0.05) is 22.3 Å². The molecule has 0 unspecified atom stereocenters. The van der Waals surface area contributed by atoms with E-state index in [1.807, 2.05) is 0 Å². The zero-order valence-electron chi connectivity index (χ0n) is 12.4. The lowest BCUT2D eigenvalue weighted by Gasteiger charge is -2.26. The molecule has 4 rings (SSSR count). The number of morpholine rings is 1. The summed E-state index contributed by atoms with van der Waals surface area (Å²) in [5, 5.41) is 0. The van der Waals surface area contributed by atoms with Gasteiger partial charge in [0.1, 0.15) is 13.2 Å². The van der Waals surface area contributed by atoms with Gasteiger partial charge in [-0.3, -0.25) is 19.2 Å². The zero-order chi connectivity index (χ0) is 16.8. The van der Waals surface area contributed by atoms with E-state index in [1.165, 1.54) is 18.2 Å². The average Bonchev–Trinajstić information content (AvgIpc) is 2.59. The Morgan fingerprint density at radius 2 is 1.25 bits per heavy atom. The minimum Gasteiger partial charge on any atom is -0.362 e. The largest absolute Gasteiger partial charge is 0.362 e. The molecule has 2 aliphatic rings. The van der Waals surface area contributed by atoms with Crippen LogP contribution in [0.1, 0.15) is 31.8 Å². The second kappa shape index (κ2) is 5.21. The summed E-state index contributed by atoms with van der Waals surface area (Å²) in [6.07, 6.45) is 0. The summed E-state index contributed by atoms with van der Waals surface area (Å²) >= 11 is 0. The normalized spacial score (nSPS) is 16.9. The van der Waals surface area contributed by atoms with Crippen LogP contribution in [-0.2, 0) is 14.3 Å². The predicted octanol–water partition coefficient (Wildman–Crippen LogP) is 1.35. The quantitative estimate of drug-likeness (QED) is 0.632. The lowest BCUT2D eigenvalue weighted by Crippen LogP contribution is -2.46. The highest BCUT2D eigenvalue weighted by Gasteiger charge is 2.33. The highest BCUT2D eigenvalue weighted by Crippen LogP contribution is 2.30. The molecule has 0 N–H and O–H groups in total.